The van der Waals surface area contributed by atoms with Gasteiger partial charge in [-0.3, -0.25) is 0 Å². The lowest BCUT2D eigenvalue weighted by atomic mass is 10.1. The first kappa shape index (κ1) is 15.8. The van der Waals surface area contributed by atoms with E-state index in [-0.39, 0.29) is 0 Å². The molecule has 1 heterocycles. The van der Waals surface area contributed by atoms with Crippen LogP contribution in [0.5, 0.6) is 0 Å². The highest BCUT2D eigenvalue weighted by atomic mass is 35.5. The molecule has 1 saturated heterocycles. The van der Waals surface area contributed by atoms with Gasteiger partial charge in [-0.25, -0.2) is 8.42 Å². The van der Waals surface area contributed by atoms with Crippen LogP contribution in [0, 0.1) is 6.92 Å². The van der Waals surface area contributed by atoms with Gasteiger partial charge in [0, 0.05) is 12.4 Å². The third-order valence-electron chi connectivity index (χ3n) is 3.54. The monoisotopic (exact) mass is 317 g/mol. The van der Waals surface area contributed by atoms with E-state index in [0.29, 0.717) is 30.5 Å². The second kappa shape index (κ2) is 5.64. The van der Waals surface area contributed by atoms with E-state index in [1.54, 1.807) is 19.1 Å². The maximum absolute atomic E-state index is 12.9. The maximum atomic E-state index is 12.9. The fraction of sp³-hybridized carbons (Fsp3) is 0.571. The van der Waals surface area contributed by atoms with Crippen molar-refractivity contribution in [1.29, 1.82) is 0 Å². The molecule has 112 valence electrons. The first-order chi connectivity index (χ1) is 9.29. The van der Waals surface area contributed by atoms with Crippen molar-refractivity contribution >= 4 is 21.6 Å². The Hall–Kier alpha value is -0.620. The van der Waals surface area contributed by atoms with Gasteiger partial charge in [-0.05, 0) is 38.0 Å². The highest BCUT2D eigenvalue weighted by molar-refractivity contribution is 7.89. The van der Waals surface area contributed by atoms with Crippen LogP contribution >= 0.6 is 11.6 Å². The minimum atomic E-state index is -3.54. The minimum absolute atomic E-state index is 0.301. The summed E-state index contributed by atoms with van der Waals surface area (Å²) in [6.45, 7) is 6.77. The fourth-order valence-electron chi connectivity index (χ4n) is 2.41. The quantitative estimate of drug-likeness (QED) is 0.805. The molecule has 0 aromatic heterocycles. The summed E-state index contributed by atoms with van der Waals surface area (Å²) in [5.74, 6) is 0.301. The number of benzene rings is 1. The second-order valence-corrected chi connectivity index (χ2v) is 7.77. The molecule has 20 heavy (non-hydrogen) atoms. The molecule has 0 atom stereocenters. The maximum Gasteiger partial charge on any atom is 0.243 e. The van der Waals surface area contributed by atoms with Gasteiger partial charge in [0.25, 0.3) is 0 Å². The molecule has 0 unspecified atom stereocenters. The summed E-state index contributed by atoms with van der Waals surface area (Å²) in [6.07, 6.45) is 0. The largest absolute Gasteiger partial charge is 0.378 e. The van der Waals surface area contributed by atoms with E-state index < -0.39 is 15.6 Å². The van der Waals surface area contributed by atoms with Gasteiger partial charge in [-0.1, -0.05) is 12.1 Å². The summed E-state index contributed by atoms with van der Waals surface area (Å²) in [5, 5.41) is 0. The van der Waals surface area contributed by atoms with E-state index in [2.05, 4.69) is 0 Å². The second-order valence-electron chi connectivity index (χ2n) is 5.68. The van der Waals surface area contributed by atoms with Crippen molar-refractivity contribution < 1.29 is 13.2 Å². The van der Waals surface area contributed by atoms with E-state index >= 15 is 0 Å². The van der Waals surface area contributed by atoms with E-state index in [4.69, 9.17) is 16.3 Å². The third-order valence-corrected chi connectivity index (χ3v) is 6.11. The molecule has 6 heteroatoms. The number of hydrogen-bond acceptors (Lipinski definition) is 3. The van der Waals surface area contributed by atoms with Crippen LogP contribution in [0.25, 0.3) is 0 Å². The zero-order valence-corrected chi connectivity index (χ0v) is 13.6. The van der Waals surface area contributed by atoms with Gasteiger partial charge in [0.05, 0.1) is 23.6 Å². The van der Waals surface area contributed by atoms with Crippen molar-refractivity contribution in [2.24, 2.45) is 0 Å². The summed E-state index contributed by atoms with van der Waals surface area (Å²) >= 11 is 5.81. The molecule has 2 rings (SSSR count). The number of rotatable bonds is 3. The van der Waals surface area contributed by atoms with Crippen molar-refractivity contribution in [3.05, 3.63) is 29.3 Å². The predicted octanol–water partition coefficient (Wildman–Crippen LogP) is 2.53. The van der Waals surface area contributed by atoms with Gasteiger partial charge in [0.1, 0.15) is 0 Å². The molecule has 1 aliphatic heterocycles. The fourth-order valence-corrected chi connectivity index (χ4v) is 4.61. The average Bonchev–Trinajstić information content (AvgIpc) is 2.38. The molecule has 0 bridgehead atoms. The summed E-state index contributed by atoms with van der Waals surface area (Å²) in [4.78, 5) is 0.339. The highest BCUT2D eigenvalue weighted by Crippen LogP contribution is 2.29. The lowest BCUT2D eigenvalue weighted by molar-refractivity contribution is -0.00772. The Balaban J connectivity index is 2.49. The van der Waals surface area contributed by atoms with E-state index in [0.717, 1.165) is 11.1 Å². The van der Waals surface area contributed by atoms with E-state index in [1.807, 2.05) is 19.9 Å². The number of nitrogens with zero attached hydrogens (tertiary/aromatic N) is 1. The van der Waals surface area contributed by atoms with Crippen LogP contribution in [0.15, 0.2) is 23.1 Å². The zero-order valence-electron chi connectivity index (χ0n) is 12.0. The van der Waals surface area contributed by atoms with Crippen molar-refractivity contribution in [3.8, 4) is 0 Å². The molecule has 1 aromatic rings. The first-order valence-electron chi connectivity index (χ1n) is 6.55. The van der Waals surface area contributed by atoms with E-state index in [9.17, 15) is 8.42 Å². The van der Waals surface area contributed by atoms with Crippen LogP contribution in [0.4, 0.5) is 0 Å². The lowest BCUT2D eigenvalue weighted by Crippen LogP contribution is -2.55. The Labute approximate surface area is 125 Å². The zero-order chi connectivity index (χ0) is 15.0. The number of aryl methyl sites for hydroxylation is 1. The van der Waals surface area contributed by atoms with Gasteiger partial charge in [-0.2, -0.15) is 4.31 Å². The molecule has 0 spiro atoms. The third kappa shape index (κ3) is 2.86. The molecular formula is C14H20ClNO3S. The Morgan fingerprint density at radius 1 is 1.40 bits per heavy atom. The molecule has 1 aromatic carbocycles. The van der Waals surface area contributed by atoms with Crippen molar-refractivity contribution in [2.45, 2.75) is 37.1 Å². The van der Waals surface area contributed by atoms with Crippen LogP contribution in [-0.4, -0.2) is 38.0 Å². The molecule has 1 aliphatic rings. The van der Waals surface area contributed by atoms with Gasteiger partial charge in [-0.15, -0.1) is 11.6 Å². The standard InChI is InChI=1S/C14H20ClNO3S/c1-11-4-5-12(9-15)8-13(11)20(17,18)16-6-7-19-10-14(16,2)3/h4-5,8H,6-7,9-10H2,1-3H3. The number of morpholine rings is 1. The molecule has 0 saturated carbocycles. The number of ether oxygens (including phenoxy) is 1. The lowest BCUT2D eigenvalue weighted by Gasteiger charge is -2.41. The number of hydrogen-bond donors (Lipinski definition) is 0. The molecule has 0 N–H and O–H groups in total. The SMILES string of the molecule is Cc1ccc(CCl)cc1S(=O)(=O)N1CCOCC1(C)C. The smallest absolute Gasteiger partial charge is 0.243 e. The Kier molecular flexibility index (Phi) is 4.44. The van der Waals surface area contributed by atoms with Crippen molar-refractivity contribution in [1.82, 2.24) is 4.31 Å². The first-order valence-corrected chi connectivity index (χ1v) is 8.52. The number of halogens is 1. The molecule has 0 amide bonds. The molecule has 0 aliphatic carbocycles. The number of sulfonamides is 1. The topological polar surface area (TPSA) is 46.6 Å². The normalized spacial score (nSPS) is 20.0. The van der Waals surface area contributed by atoms with Crippen molar-refractivity contribution in [3.63, 3.8) is 0 Å². The van der Waals surface area contributed by atoms with Crippen LogP contribution in [0.3, 0.4) is 0 Å². The number of alkyl halides is 1. The van der Waals surface area contributed by atoms with Crippen LogP contribution in [-0.2, 0) is 20.6 Å². The van der Waals surface area contributed by atoms with E-state index in [1.165, 1.54) is 4.31 Å². The van der Waals surface area contributed by atoms with Crippen LogP contribution in [0.2, 0.25) is 0 Å². The van der Waals surface area contributed by atoms with Crippen LogP contribution in [0.1, 0.15) is 25.0 Å². The summed E-state index contributed by atoms with van der Waals surface area (Å²) in [5.41, 5.74) is 1.00. The Bertz CT molecular complexity index is 598. The summed E-state index contributed by atoms with van der Waals surface area (Å²) in [6, 6.07) is 5.33. The van der Waals surface area contributed by atoms with Gasteiger partial charge < -0.3 is 4.74 Å². The van der Waals surface area contributed by atoms with Gasteiger partial charge >= 0.3 is 0 Å². The molecular weight excluding hydrogens is 298 g/mol. The Morgan fingerprint density at radius 3 is 2.70 bits per heavy atom. The molecule has 4 nitrogen and oxygen atoms in total. The van der Waals surface area contributed by atoms with Gasteiger partial charge in [0.15, 0.2) is 0 Å². The molecule has 0 radical (unpaired) electrons. The summed E-state index contributed by atoms with van der Waals surface area (Å²) < 4.78 is 32.8. The predicted molar refractivity (Wildman–Crippen MR) is 79.5 cm³/mol. The van der Waals surface area contributed by atoms with Crippen LogP contribution < -0.4 is 0 Å². The Morgan fingerprint density at radius 2 is 2.10 bits per heavy atom. The average molecular weight is 318 g/mol. The summed E-state index contributed by atoms with van der Waals surface area (Å²) in [7, 11) is -3.54. The van der Waals surface area contributed by atoms with Crippen molar-refractivity contribution in [2.75, 3.05) is 19.8 Å². The minimum Gasteiger partial charge on any atom is -0.378 e. The molecule has 1 fully saturated rings. The highest BCUT2D eigenvalue weighted by Gasteiger charge is 2.40. The van der Waals surface area contributed by atoms with Gasteiger partial charge in [0.2, 0.25) is 10.0 Å².